The quantitative estimate of drug-likeness (QED) is 0.871. The van der Waals surface area contributed by atoms with E-state index in [1.54, 1.807) is 41.3 Å². The van der Waals surface area contributed by atoms with Crippen LogP contribution in [0.15, 0.2) is 48.5 Å². The molecule has 0 bridgehead atoms. The third-order valence-electron chi connectivity index (χ3n) is 4.30. The van der Waals surface area contributed by atoms with Crippen molar-refractivity contribution in [2.75, 3.05) is 36.4 Å². The van der Waals surface area contributed by atoms with Crippen LogP contribution in [-0.4, -0.2) is 42.9 Å². The van der Waals surface area contributed by atoms with E-state index < -0.39 is 0 Å². The van der Waals surface area contributed by atoms with Gasteiger partial charge in [0.25, 0.3) is 0 Å². The Morgan fingerprint density at radius 2 is 1.52 bits per heavy atom. The van der Waals surface area contributed by atoms with Gasteiger partial charge in [0.15, 0.2) is 5.78 Å². The van der Waals surface area contributed by atoms with Crippen molar-refractivity contribution in [1.29, 1.82) is 0 Å². The second-order valence-electron chi connectivity index (χ2n) is 6.01. The van der Waals surface area contributed by atoms with Crippen molar-refractivity contribution >= 4 is 23.2 Å². The van der Waals surface area contributed by atoms with E-state index in [2.05, 4.69) is 10.2 Å². The number of rotatable bonds is 3. The molecule has 0 atom stereocenters. The second kappa shape index (κ2) is 7.34. The normalized spacial score (nSPS) is 14.3. The predicted octanol–water partition coefficient (Wildman–Crippen LogP) is 3.38. The summed E-state index contributed by atoms with van der Waals surface area (Å²) in [5.41, 5.74) is 2.24. The van der Waals surface area contributed by atoms with E-state index in [0.29, 0.717) is 37.4 Å². The zero-order valence-electron chi connectivity index (χ0n) is 14.0. The van der Waals surface area contributed by atoms with Gasteiger partial charge in [-0.3, -0.25) is 4.79 Å². The molecule has 1 heterocycles. The average molecular weight is 341 g/mol. The average Bonchev–Trinajstić information content (AvgIpc) is 2.63. The lowest BCUT2D eigenvalue weighted by molar-refractivity contribution is 0.101. The molecule has 2 aromatic carbocycles. The minimum Gasteiger partial charge on any atom is -0.368 e. The molecule has 0 spiro atoms. The van der Waals surface area contributed by atoms with Gasteiger partial charge in [-0.1, -0.05) is 0 Å². The molecule has 1 N–H and O–H groups in total. The van der Waals surface area contributed by atoms with Crippen LogP contribution in [0, 0.1) is 5.82 Å². The Bertz CT molecular complexity index is 751. The molecule has 1 aliphatic rings. The lowest BCUT2D eigenvalue weighted by Crippen LogP contribution is -2.50. The summed E-state index contributed by atoms with van der Waals surface area (Å²) in [5.74, 6) is -0.257. The first-order chi connectivity index (χ1) is 12.0. The molecular formula is C19H20FN3O2. The Kier molecular flexibility index (Phi) is 4.97. The van der Waals surface area contributed by atoms with Crippen LogP contribution in [0.25, 0.3) is 0 Å². The highest BCUT2D eigenvalue weighted by atomic mass is 19.1. The zero-order chi connectivity index (χ0) is 17.8. The van der Waals surface area contributed by atoms with E-state index in [-0.39, 0.29) is 17.6 Å². The molecule has 130 valence electrons. The third kappa shape index (κ3) is 4.15. The Morgan fingerprint density at radius 1 is 0.920 bits per heavy atom. The standard InChI is InChI=1S/C19H20FN3O2/c1-14(24)15-2-6-17(7-3-15)21-19(25)23-12-10-22(11-13-23)18-8-4-16(20)5-9-18/h2-9H,10-13H2,1H3,(H,21,25). The molecule has 1 saturated heterocycles. The number of ketones is 1. The number of anilines is 2. The molecule has 2 amide bonds. The number of urea groups is 1. The largest absolute Gasteiger partial charge is 0.368 e. The van der Waals surface area contributed by atoms with Crippen molar-refractivity contribution in [3.63, 3.8) is 0 Å². The Labute approximate surface area is 146 Å². The van der Waals surface area contributed by atoms with Crippen molar-refractivity contribution in [2.45, 2.75) is 6.92 Å². The van der Waals surface area contributed by atoms with Gasteiger partial charge in [-0.05, 0) is 55.5 Å². The maximum atomic E-state index is 13.0. The number of nitrogens with zero attached hydrogens (tertiary/aromatic N) is 2. The van der Waals surface area contributed by atoms with Gasteiger partial charge in [0.2, 0.25) is 0 Å². The van der Waals surface area contributed by atoms with E-state index in [9.17, 15) is 14.0 Å². The van der Waals surface area contributed by atoms with Gasteiger partial charge in [0.05, 0.1) is 0 Å². The van der Waals surface area contributed by atoms with Gasteiger partial charge >= 0.3 is 6.03 Å². The van der Waals surface area contributed by atoms with Crippen molar-refractivity contribution < 1.29 is 14.0 Å². The lowest BCUT2D eigenvalue weighted by atomic mass is 10.1. The number of carbonyl (C=O) groups excluding carboxylic acids is 2. The van der Waals surface area contributed by atoms with E-state index in [1.807, 2.05) is 0 Å². The zero-order valence-corrected chi connectivity index (χ0v) is 14.0. The summed E-state index contributed by atoms with van der Waals surface area (Å²) in [6.45, 7) is 4.09. The van der Waals surface area contributed by atoms with Gasteiger partial charge in [-0.15, -0.1) is 0 Å². The summed E-state index contributed by atoms with van der Waals surface area (Å²) in [5, 5.41) is 2.85. The topological polar surface area (TPSA) is 52.7 Å². The summed E-state index contributed by atoms with van der Waals surface area (Å²) in [6.07, 6.45) is 0. The van der Waals surface area contributed by atoms with Crippen molar-refractivity contribution in [2.24, 2.45) is 0 Å². The van der Waals surface area contributed by atoms with E-state index in [1.165, 1.54) is 19.1 Å². The molecule has 1 aliphatic heterocycles. The molecule has 0 aliphatic carbocycles. The number of hydrogen-bond donors (Lipinski definition) is 1. The minimum absolute atomic E-state index is 0.00482. The summed E-state index contributed by atoms with van der Waals surface area (Å²) < 4.78 is 13.0. The Morgan fingerprint density at radius 3 is 2.08 bits per heavy atom. The van der Waals surface area contributed by atoms with Crippen LogP contribution in [0.2, 0.25) is 0 Å². The number of piperazine rings is 1. The minimum atomic E-state index is -0.252. The smallest absolute Gasteiger partial charge is 0.321 e. The molecule has 25 heavy (non-hydrogen) atoms. The highest BCUT2D eigenvalue weighted by molar-refractivity contribution is 5.95. The van der Waals surface area contributed by atoms with Crippen LogP contribution in [0.1, 0.15) is 17.3 Å². The van der Waals surface area contributed by atoms with Crippen LogP contribution >= 0.6 is 0 Å². The molecule has 2 aromatic rings. The maximum absolute atomic E-state index is 13.0. The molecular weight excluding hydrogens is 321 g/mol. The number of benzene rings is 2. The maximum Gasteiger partial charge on any atom is 0.321 e. The van der Waals surface area contributed by atoms with E-state index >= 15 is 0 Å². The molecule has 0 unspecified atom stereocenters. The van der Waals surface area contributed by atoms with Gasteiger partial charge < -0.3 is 15.1 Å². The Hall–Kier alpha value is -2.89. The summed E-state index contributed by atoms with van der Waals surface area (Å²) in [7, 11) is 0. The number of carbonyl (C=O) groups is 2. The molecule has 0 aromatic heterocycles. The van der Waals surface area contributed by atoms with Gasteiger partial charge in [0.1, 0.15) is 5.82 Å². The van der Waals surface area contributed by atoms with Crippen LogP contribution in [0.3, 0.4) is 0 Å². The SMILES string of the molecule is CC(=O)c1ccc(NC(=O)N2CCN(c3ccc(F)cc3)CC2)cc1. The van der Waals surface area contributed by atoms with E-state index in [0.717, 1.165) is 5.69 Å². The number of nitrogens with one attached hydrogen (secondary N) is 1. The first kappa shape index (κ1) is 17.0. The summed E-state index contributed by atoms with van der Waals surface area (Å²) in [6, 6.07) is 13.1. The molecule has 6 heteroatoms. The number of Topliss-reactive ketones (excluding diaryl/α,β-unsaturated/α-hetero) is 1. The van der Waals surface area contributed by atoms with Crippen molar-refractivity contribution in [3.05, 3.63) is 59.9 Å². The van der Waals surface area contributed by atoms with Gasteiger partial charge in [0, 0.05) is 43.1 Å². The molecule has 5 nitrogen and oxygen atoms in total. The van der Waals surface area contributed by atoms with Crippen LogP contribution in [-0.2, 0) is 0 Å². The van der Waals surface area contributed by atoms with Crippen LogP contribution in [0.5, 0.6) is 0 Å². The summed E-state index contributed by atoms with van der Waals surface area (Å²) in [4.78, 5) is 27.5. The van der Waals surface area contributed by atoms with Crippen molar-refractivity contribution in [3.8, 4) is 0 Å². The third-order valence-corrected chi connectivity index (χ3v) is 4.30. The fraction of sp³-hybridized carbons (Fsp3) is 0.263. The molecule has 0 saturated carbocycles. The lowest BCUT2D eigenvalue weighted by Gasteiger charge is -2.36. The Balaban J connectivity index is 1.54. The van der Waals surface area contributed by atoms with Crippen molar-refractivity contribution in [1.82, 2.24) is 4.90 Å². The molecule has 3 rings (SSSR count). The van der Waals surface area contributed by atoms with Crippen LogP contribution < -0.4 is 10.2 Å². The van der Waals surface area contributed by atoms with Gasteiger partial charge in [-0.25, -0.2) is 9.18 Å². The van der Waals surface area contributed by atoms with Crippen LogP contribution in [0.4, 0.5) is 20.6 Å². The molecule has 0 radical (unpaired) electrons. The highest BCUT2D eigenvalue weighted by Crippen LogP contribution is 2.18. The first-order valence-electron chi connectivity index (χ1n) is 8.20. The first-order valence-corrected chi connectivity index (χ1v) is 8.20. The number of halogens is 1. The summed E-state index contributed by atoms with van der Waals surface area (Å²) >= 11 is 0. The monoisotopic (exact) mass is 341 g/mol. The predicted molar refractivity (Wildman–Crippen MR) is 95.7 cm³/mol. The van der Waals surface area contributed by atoms with E-state index in [4.69, 9.17) is 0 Å². The highest BCUT2D eigenvalue weighted by Gasteiger charge is 2.21. The molecule has 1 fully saturated rings. The number of hydrogen-bond acceptors (Lipinski definition) is 3. The van der Waals surface area contributed by atoms with Gasteiger partial charge in [-0.2, -0.15) is 0 Å². The fourth-order valence-corrected chi connectivity index (χ4v) is 2.81. The second-order valence-corrected chi connectivity index (χ2v) is 6.01. The number of amides is 2. The fourth-order valence-electron chi connectivity index (χ4n) is 2.81.